The SMILES string of the molecule is COCC1=CC(CN[C@@H](CN2CCC(C3=CC=C(Cl)CC3)C(C)(C)C2)C(C)C)=CC(Br)C1. The summed E-state index contributed by atoms with van der Waals surface area (Å²) in [6.45, 7) is 14.7. The second-order valence-corrected chi connectivity index (χ2v) is 12.5. The molecule has 5 heteroatoms. The van der Waals surface area contributed by atoms with Crippen molar-refractivity contribution in [2.24, 2.45) is 17.3 Å². The van der Waals surface area contributed by atoms with Crippen LogP contribution in [0, 0.1) is 17.3 Å². The number of nitrogens with one attached hydrogen (secondary N) is 1. The molecule has 32 heavy (non-hydrogen) atoms. The zero-order valence-electron chi connectivity index (χ0n) is 20.6. The van der Waals surface area contributed by atoms with E-state index in [4.69, 9.17) is 16.3 Å². The van der Waals surface area contributed by atoms with E-state index >= 15 is 0 Å². The number of ether oxygens (including phenoxy) is 1. The summed E-state index contributed by atoms with van der Waals surface area (Å²) in [5.74, 6) is 1.26. The lowest BCUT2D eigenvalue weighted by atomic mass is 9.68. The van der Waals surface area contributed by atoms with Crippen molar-refractivity contribution in [2.75, 3.05) is 39.9 Å². The molecule has 0 aromatic carbocycles. The molecule has 3 nitrogen and oxygen atoms in total. The average Bonchev–Trinajstić information content (AvgIpc) is 2.71. The number of hydrogen-bond donors (Lipinski definition) is 1. The fourth-order valence-electron chi connectivity index (χ4n) is 5.57. The number of rotatable bonds is 9. The zero-order chi connectivity index (χ0) is 23.3. The van der Waals surface area contributed by atoms with Crippen LogP contribution in [-0.4, -0.2) is 55.7 Å². The zero-order valence-corrected chi connectivity index (χ0v) is 22.9. The van der Waals surface area contributed by atoms with Crippen LogP contribution in [0.5, 0.6) is 0 Å². The minimum Gasteiger partial charge on any atom is -0.380 e. The first-order chi connectivity index (χ1) is 15.2. The molecule has 1 fully saturated rings. The Hall–Kier alpha value is -0.390. The van der Waals surface area contributed by atoms with Crippen LogP contribution in [-0.2, 0) is 4.74 Å². The number of piperidine rings is 1. The summed E-state index contributed by atoms with van der Waals surface area (Å²) in [4.78, 5) is 3.10. The van der Waals surface area contributed by atoms with E-state index in [1.165, 1.54) is 24.1 Å². The molecule has 0 bridgehead atoms. The molecular weight excluding hydrogens is 484 g/mol. The van der Waals surface area contributed by atoms with E-state index in [9.17, 15) is 0 Å². The molecule has 3 atom stereocenters. The Morgan fingerprint density at radius 3 is 2.69 bits per heavy atom. The smallest absolute Gasteiger partial charge is 0.0676 e. The van der Waals surface area contributed by atoms with Crippen LogP contribution in [0.3, 0.4) is 0 Å². The third-order valence-corrected chi connectivity index (χ3v) is 8.19. The summed E-state index contributed by atoms with van der Waals surface area (Å²) >= 11 is 9.99. The fourth-order valence-corrected chi connectivity index (χ4v) is 6.49. The molecule has 1 heterocycles. The van der Waals surface area contributed by atoms with Crippen LogP contribution in [0.1, 0.15) is 53.4 Å². The molecule has 0 amide bonds. The van der Waals surface area contributed by atoms with Crippen molar-refractivity contribution in [1.82, 2.24) is 10.2 Å². The lowest BCUT2D eigenvalue weighted by Crippen LogP contribution is -2.52. The number of methoxy groups -OCH3 is 1. The van der Waals surface area contributed by atoms with Crippen LogP contribution in [0.2, 0.25) is 0 Å². The molecule has 1 saturated heterocycles. The first-order valence-electron chi connectivity index (χ1n) is 12.2. The molecule has 0 aromatic rings. The molecule has 0 radical (unpaired) electrons. The molecule has 0 spiro atoms. The van der Waals surface area contributed by atoms with Gasteiger partial charge < -0.3 is 15.0 Å². The van der Waals surface area contributed by atoms with Gasteiger partial charge >= 0.3 is 0 Å². The third kappa shape index (κ3) is 7.30. The molecule has 3 rings (SSSR count). The first kappa shape index (κ1) is 26.2. The first-order valence-corrected chi connectivity index (χ1v) is 13.5. The molecule has 2 unspecified atom stereocenters. The van der Waals surface area contributed by atoms with Gasteiger partial charge in [0.25, 0.3) is 0 Å². The molecule has 0 saturated carbocycles. The van der Waals surface area contributed by atoms with Crippen molar-refractivity contribution in [3.05, 3.63) is 46.1 Å². The van der Waals surface area contributed by atoms with Gasteiger partial charge in [0.1, 0.15) is 0 Å². The summed E-state index contributed by atoms with van der Waals surface area (Å²) in [6, 6.07) is 0.480. The molecule has 2 aliphatic carbocycles. The number of halogens is 2. The standard InChI is InChI=1S/C27H42BrClN2O/c1-19(2)26(30-15-20-12-21(17-32-5)14-23(28)13-20)16-31-11-10-25(27(3,4)18-31)22-6-8-24(29)9-7-22/h6,8,12-13,19,23,25-26,30H,7,9-11,14-18H2,1-5H3/t23?,25?,26-/m0/s1. The largest absolute Gasteiger partial charge is 0.380 e. The van der Waals surface area contributed by atoms with Gasteiger partial charge in [-0.25, -0.2) is 0 Å². The molecule has 0 aromatic heterocycles. The summed E-state index contributed by atoms with van der Waals surface area (Å²) < 4.78 is 5.36. The minimum atomic E-state index is 0.288. The van der Waals surface area contributed by atoms with Crippen LogP contribution in [0.25, 0.3) is 0 Å². The predicted molar refractivity (Wildman–Crippen MR) is 142 cm³/mol. The normalized spacial score (nSPS) is 27.5. The number of nitrogens with zero attached hydrogens (tertiary/aromatic N) is 1. The van der Waals surface area contributed by atoms with Gasteiger partial charge in [-0.15, -0.1) is 0 Å². The van der Waals surface area contributed by atoms with Gasteiger partial charge in [0.15, 0.2) is 0 Å². The van der Waals surface area contributed by atoms with Crippen molar-refractivity contribution in [3.8, 4) is 0 Å². The second-order valence-electron chi connectivity index (χ2n) is 10.8. The predicted octanol–water partition coefficient (Wildman–Crippen LogP) is 6.46. The lowest BCUT2D eigenvalue weighted by molar-refractivity contribution is 0.0608. The maximum Gasteiger partial charge on any atom is 0.0676 e. The highest BCUT2D eigenvalue weighted by atomic mass is 79.9. The number of allylic oxidation sites excluding steroid dienone is 5. The van der Waals surface area contributed by atoms with Crippen LogP contribution in [0.4, 0.5) is 0 Å². The summed E-state index contributed by atoms with van der Waals surface area (Å²) in [5.41, 5.74) is 4.62. The van der Waals surface area contributed by atoms with Gasteiger partial charge in [0, 0.05) is 42.6 Å². The quantitative estimate of drug-likeness (QED) is 0.350. The van der Waals surface area contributed by atoms with Crippen molar-refractivity contribution in [2.45, 2.75) is 64.2 Å². The van der Waals surface area contributed by atoms with Crippen LogP contribution < -0.4 is 5.32 Å². The Morgan fingerprint density at radius 1 is 1.28 bits per heavy atom. The van der Waals surface area contributed by atoms with E-state index < -0.39 is 0 Å². The van der Waals surface area contributed by atoms with E-state index in [1.54, 1.807) is 12.7 Å². The highest BCUT2D eigenvalue weighted by Crippen LogP contribution is 2.42. The third-order valence-electron chi connectivity index (χ3n) is 7.29. The minimum absolute atomic E-state index is 0.288. The molecule has 1 N–H and O–H groups in total. The lowest BCUT2D eigenvalue weighted by Gasteiger charge is -2.47. The number of alkyl halides is 1. The van der Waals surface area contributed by atoms with Gasteiger partial charge in [-0.1, -0.05) is 79.0 Å². The Labute approximate surface area is 209 Å². The van der Waals surface area contributed by atoms with E-state index in [0.29, 0.717) is 22.7 Å². The van der Waals surface area contributed by atoms with E-state index in [-0.39, 0.29) is 5.41 Å². The Bertz CT molecular complexity index is 768. The molecule has 3 aliphatic rings. The summed E-state index contributed by atoms with van der Waals surface area (Å²) in [5, 5.41) is 4.87. The van der Waals surface area contributed by atoms with Gasteiger partial charge in [0.05, 0.1) is 6.61 Å². The van der Waals surface area contributed by atoms with E-state index in [2.05, 4.69) is 78.1 Å². The number of hydrogen-bond acceptors (Lipinski definition) is 3. The van der Waals surface area contributed by atoms with Crippen molar-refractivity contribution >= 4 is 27.5 Å². The van der Waals surface area contributed by atoms with Gasteiger partial charge in [-0.05, 0) is 66.7 Å². The number of likely N-dealkylation sites (tertiary alicyclic amines) is 1. The van der Waals surface area contributed by atoms with E-state index in [0.717, 1.165) is 50.5 Å². The maximum absolute atomic E-state index is 6.20. The summed E-state index contributed by atoms with van der Waals surface area (Å²) in [6.07, 6.45) is 13.5. The van der Waals surface area contributed by atoms with Crippen molar-refractivity contribution < 1.29 is 4.74 Å². The molecular formula is C27H42BrClN2O. The monoisotopic (exact) mass is 524 g/mol. The Balaban J connectivity index is 1.57. The van der Waals surface area contributed by atoms with Gasteiger partial charge in [-0.2, -0.15) is 0 Å². The average molecular weight is 526 g/mol. The van der Waals surface area contributed by atoms with Crippen LogP contribution in [0.15, 0.2) is 46.1 Å². The molecule has 1 aliphatic heterocycles. The summed E-state index contributed by atoms with van der Waals surface area (Å²) in [7, 11) is 1.77. The second kappa shape index (κ2) is 11.8. The maximum atomic E-state index is 6.20. The van der Waals surface area contributed by atoms with Crippen molar-refractivity contribution in [1.29, 1.82) is 0 Å². The van der Waals surface area contributed by atoms with E-state index in [1.807, 2.05) is 0 Å². The van der Waals surface area contributed by atoms with Crippen LogP contribution >= 0.6 is 27.5 Å². The Kier molecular flexibility index (Phi) is 9.70. The Morgan fingerprint density at radius 2 is 2.06 bits per heavy atom. The van der Waals surface area contributed by atoms with Gasteiger partial charge in [-0.3, -0.25) is 0 Å². The molecule has 180 valence electrons. The van der Waals surface area contributed by atoms with Crippen molar-refractivity contribution in [3.63, 3.8) is 0 Å². The highest BCUT2D eigenvalue weighted by molar-refractivity contribution is 9.09. The topological polar surface area (TPSA) is 24.5 Å². The van der Waals surface area contributed by atoms with Gasteiger partial charge in [0.2, 0.25) is 0 Å². The highest BCUT2D eigenvalue weighted by Gasteiger charge is 2.38. The fraction of sp³-hybridized carbons (Fsp3) is 0.704.